The lowest BCUT2D eigenvalue weighted by Gasteiger charge is -2.02. The number of hydrogen-bond acceptors (Lipinski definition) is 3. The van der Waals surface area contributed by atoms with Gasteiger partial charge in [-0.2, -0.15) is 0 Å². The number of aryl methyl sites for hydroxylation is 1. The van der Waals surface area contributed by atoms with E-state index in [-0.39, 0.29) is 0 Å². The highest BCUT2D eigenvalue weighted by Gasteiger charge is 2.01. The number of pyridine rings is 2. The summed E-state index contributed by atoms with van der Waals surface area (Å²) in [7, 11) is 0. The Morgan fingerprint density at radius 1 is 1.20 bits per heavy atom. The monoisotopic (exact) mass is 280 g/mol. The summed E-state index contributed by atoms with van der Waals surface area (Å²) in [4.78, 5) is 8.55. The van der Waals surface area contributed by atoms with Crippen LogP contribution in [0.3, 0.4) is 0 Å². The fraction of sp³-hybridized carbons (Fsp3) is 0.0909. The largest absolute Gasteiger partial charge is 0.250 e. The topological polar surface area (TPSA) is 25.8 Å². The molecule has 0 atom stereocenters. The Morgan fingerprint density at radius 2 is 2.07 bits per heavy atom. The van der Waals surface area contributed by atoms with Gasteiger partial charge in [0.1, 0.15) is 10.1 Å². The van der Waals surface area contributed by atoms with Crippen LogP contribution < -0.4 is 0 Å². The summed E-state index contributed by atoms with van der Waals surface area (Å²) in [5, 5.41) is 1.93. The Morgan fingerprint density at radius 3 is 2.73 bits per heavy atom. The molecule has 0 aliphatic rings. The fourth-order valence-corrected chi connectivity index (χ4v) is 2.12. The lowest BCUT2D eigenvalue weighted by Crippen LogP contribution is -1.84. The molecule has 2 aromatic rings. The first-order chi connectivity index (χ1) is 7.25. The number of hydrogen-bond donors (Lipinski definition) is 0. The number of rotatable bonds is 2. The average Bonchev–Trinajstić information content (AvgIpc) is 2.25. The molecule has 0 aromatic carbocycles. The molecule has 2 heterocycles. The van der Waals surface area contributed by atoms with Crippen molar-refractivity contribution in [2.24, 2.45) is 0 Å². The molecule has 76 valence electrons. The van der Waals surface area contributed by atoms with Crippen molar-refractivity contribution in [3.8, 4) is 0 Å². The van der Waals surface area contributed by atoms with Gasteiger partial charge >= 0.3 is 0 Å². The predicted octanol–water partition coefficient (Wildman–Crippen LogP) is 3.70. The SMILES string of the molecule is Cc1cc(Sc2ccccn2)ncc1Br. The van der Waals surface area contributed by atoms with Crippen LogP contribution in [-0.4, -0.2) is 9.97 Å². The van der Waals surface area contributed by atoms with Gasteiger partial charge in [0.25, 0.3) is 0 Å². The van der Waals surface area contributed by atoms with Gasteiger partial charge in [-0.25, -0.2) is 9.97 Å². The summed E-state index contributed by atoms with van der Waals surface area (Å²) >= 11 is 4.99. The van der Waals surface area contributed by atoms with E-state index in [1.165, 1.54) is 5.56 Å². The van der Waals surface area contributed by atoms with Gasteiger partial charge in [0, 0.05) is 16.9 Å². The normalized spacial score (nSPS) is 10.3. The van der Waals surface area contributed by atoms with Gasteiger partial charge in [0.05, 0.1) is 0 Å². The van der Waals surface area contributed by atoms with Crippen molar-refractivity contribution in [2.75, 3.05) is 0 Å². The van der Waals surface area contributed by atoms with Crippen molar-refractivity contribution in [2.45, 2.75) is 17.0 Å². The molecule has 2 nitrogen and oxygen atoms in total. The van der Waals surface area contributed by atoms with E-state index < -0.39 is 0 Å². The van der Waals surface area contributed by atoms with Gasteiger partial charge in [-0.3, -0.25) is 0 Å². The van der Waals surface area contributed by atoms with E-state index in [0.717, 1.165) is 14.5 Å². The highest BCUT2D eigenvalue weighted by molar-refractivity contribution is 9.10. The second-order valence-corrected chi connectivity index (χ2v) is 4.94. The molecule has 15 heavy (non-hydrogen) atoms. The Kier molecular flexibility index (Phi) is 3.38. The van der Waals surface area contributed by atoms with Crippen molar-refractivity contribution < 1.29 is 0 Å². The summed E-state index contributed by atoms with van der Waals surface area (Å²) in [6, 6.07) is 7.90. The Labute approximate surface area is 101 Å². The standard InChI is InChI=1S/C11H9BrN2S/c1-8-6-11(14-7-9(8)12)15-10-4-2-3-5-13-10/h2-7H,1H3. The maximum absolute atomic E-state index is 4.31. The molecule has 0 aliphatic heterocycles. The van der Waals surface area contributed by atoms with Gasteiger partial charge in [-0.05, 0) is 46.6 Å². The molecule has 2 rings (SSSR count). The first-order valence-electron chi connectivity index (χ1n) is 4.47. The molecule has 2 aromatic heterocycles. The minimum atomic E-state index is 0.965. The minimum absolute atomic E-state index is 0.965. The highest BCUT2D eigenvalue weighted by atomic mass is 79.9. The van der Waals surface area contributed by atoms with Gasteiger partial charge < -0.3 is 0 Å². The molecule has 0 aliphatic carbocycles. The van der Waals surface area contributed by atoms with Crippen LogP contribution >= 0.6 is 27.7 Å². The molecule has 0 spiro atoms. The summed E-state index contributed by atoms with van der Waals surface area (Å²) in [6.07, 6.45) is 3.61. The van der Waals surface area contributed by atoms with Crippen LogP contribution in [0.2, 0.25) is 0 Å². The maximum atomic E-state index is 4.31. The van der Waals surface area contributed by atoms with E-state index >= 15 is 0 Å². The lowest BCUT2D eigenvalue weighted by atomic mass is 10.3. The van der Waals surface area contributed by atoms with Crippen LogP contribution in [0.25, 0.3) is 0 Å². The fourth-order valence-electron chi connectivity index (χ4n) is 1.08. The van der Waals surface area contributed by atoms with E-state index in [1.807, 2.05) is 37.4 Å². The van der Waals surface area contributed by atoms with Crippen LogP contribution in [0.5, 0.6) is 0 Å². The highest BCUT2D eigenvalue weighted by Crippen LogP contribution is 2.26. The molecule has 0 amide bonds. The van der Waals surface area contributed by atoms with Crippen molar-refractivity contribution >= 4 is 27.7 Å². The van der Waals surface area contributed by atoms with Crippen LogP contribution in [-0.2, 0) is 0 Å². The molecule has 0 N–H and O–H groups in total. The zero-order chi connectivity index (χ0) is 10.7. The van der Waals surface area contributed by atoms with E-state index in [9.17, 15) is 0 Å². The molecular weight excluding hydrogens is 272 g/mol. The molecule has 0 fully saturated rings. The van der Waals surface area contributed by atoms with E-state index in [1.54, 1.807) is 18.0 Å². The first kappa shape index (κ1) is 10.6. The minimum Gasteiger partial charge on any atom is -0.250 e. The molecule has 0 saturated carbocycles. The van der Waals surface area contributed by atoms with Gasteiger partial charge in [0.15, 0.2) is 0 Å². The van der Waals surface area contributed by atoms with Crippen LogP contribution in [0.4, 0.5) is 0 Å². The smallest absolute Gasteiger partial charge is 0.103 e. The maximum Gasteiger partial charge on any atom is 0.103 e. The number of aromatic nitrogens is 2. The summed E-state index contributed by atoms with van der Waals surface area (Å²) < 4.78 is 1.04. The average molecular weight is 281 g/mol. The van der Waals surface area contributed by atoms with Crippen molar-refractivity contribution in [3.63, 3.8) is 0 Å². The van der Waals surface area contributed by atoms with Crippen molar-refractivity contribution in [1.82, 2.24) is 9.97 Å². The molecule has 0 unspecified atom stereocenters. The third kappa shape index (κ3) is 2.79. The Bertz CT molecular complexity index is 459. The van der Waals surface area contributed by atoms with E-state index in [4.69, 9.17) is 0 Å². The van der Waals surface area contributed by atoms with E-state index in [0.29, 0.717) is 0 Å². The van der Waals surface area contributed by atoms with Crippen molar-refractivity contribution in [3.05, 3.63) is 46.7 Å². The third-order valence-corrected chi connectivity index (χ3v) is 3.58. The summed E-state index contributed by atoms with van der Waals surface area (Å²) in [5.41, 5.74) is 1.18. The Balaban J connectivity index is 2.22. The van der Waals surface area contributed by atoms with Crippen molar-refractivity contribution in [1.29, 1.82) is 0 Å². The third-order valence-electron chi connectivity index (χ3n) is 1.87. The van der Waals surface area contributed by atoms with Crippen LogP contribution in [0.15, 0.2) is 51.2 Å². The summed E-state index contributed by atoms with van der Waals surface area (Å²) in [6.45, 7) is 2.05. The second-order valence-electron chi connectivity index (χ2n) is 3.04. The molecule has 0 bridgehead atoms. The Hall–Kier alpha value is -0.870. The number of nitrogens with zero attached hydrogens (tertiary/aromatic N) is 2. The van der Waals surface area contributed by atoms with Gasteiger partial charge in [0.2, 0.25) is 0 Å². The van der Waals surface area contributed by atoms with Gasteiger partial charge in [-0.1, -0.05) is 17.8 Å². The second kappa shape index (κ2) is 4.77. The number of halogens is 1. The van der Waals surface area contributed by atoms with Crippen LogP contribution in [0, 0.1) is 6.92 Å². The quantitative estimate of drug-likeness (QED) is 0.839. The molecule has 0 saturated heterocycles. The van der Waals surface area contributed by atoms with Crippen LogP contribution in [0.1, 0.15) is 5.56 Å². The molecule has 4 heteroatoms. The lowest BCUT2D eigenvalue weighted by molar-refractivity contribution is 1.07. The van der Waals surface area contributed by atoms with E-state index in [2.05, 4.69) is 25.9 Å². The zero-order valence-corrected chi connectivity index (χ0v) is 10.5. The first-order valence-corrected chi connectivity index (χ1v) is 6.08. The zero-order valence-electron chi connectivity index (χ0n) is 8.14. The molecular formula is C11H9BrN2S. The summed E-state index contributed by atoms with van der Waals surface area (Å²) in [5.74, 6) is 0. The van der Waals surface area contributed by atoms with Gasteiger partial charge in [-0.15, -0.1) is 0 Å². The molecule has 0 radical (unpaired) electrons. The predicted molar refractivity (Wildman–Crippen MR) is 65.0 cm³/mol.